The molecule has 4 N–H and O–H groups in total. The Hall–Kier alpha value is -4.57. The van der Waals surface area contributed by atoms with E-state index in [4.69, 9.17) is 9.47 Å². The highest BCUT2D eigenvalue weighted by Gasteiger charge is 2.70. The molecule has 3 aromatic carbocycles. The van der Waals surface area contributed by atoms with Gasteiger partial charge in [-0.25, -0.2) is 0 Å². The van der Waals surface area contributed by atoms with E-state index in [1.165, 1.54) is 17.0 Å². The summed E-state index contributed by atoms with van der Waals surface area (Å²) in [5.74, 6) is -2.24. The summed E-state index contributed by atoms with van der Waals surface area (Å²) in [5, 5.41) is 26.3. The van der Waals surface area contributed by atoms with Crippen molar-refractivity contribution in [1.82, 2.24) is 10.2 Å². The summed E-state index contributed by atoms with van der Waals surface area (Å²) in [6, 6.07) is 15.1. The molecule has 3 aliphatic heterocycles. The van der Waals surface area contributed by atoms with Crippen LogP contribution in [0.1, 0.15) is 29.2 Å². The molecule has 42 heavy (non-hydrogen) atoms. The largest absolute Gasteiger partial charge is 0.504 e. The first kappa shape index (κ1) is 27.6. The Kier molecular flexibility index (Phi) is 6.81. The van der Waals surface area contributed by atoms with Crippen LogP contribution in [0.4, 0.5) is 5.69 Å². The van der Waals surface area contributed by atoms with Crippen LogP contribution >= 0.6 is 0 Å². The lowest BCUT2D eigenvalue weighted by Gasteiger charge is -2.30. The van der Waals surface area contributed by atoms with Gasteiger partial charge in [-0.05, 0) is 66.3 Å². The lowest BCUT2D eigenvalue weighted by molar-refractivity contribution is -0.142. The van der Waals surface area contributed by atoms with E-state index in [9.17, 15) is 24.6 Å². The summed E-state index contributed by atoms with van der Waals surface area (Å²) in [4.78, 5) is 43.3. The number of nitrogens with zero attached hydrogens (tertiary/aromatic N) is 1. The molecule has 0 radical (unpaired) electrons. The number of likely N-dealkylation sites (tertiary alicyclic amines) is 1. The van der Waals surface area contributed by atoms with Crippen LogP contribution in [0.15, 0.2) is 54.6 Å². The number of phenolic OH excluding ortho intramolecular Hbond substituents is 2. The van der Waals surface area contributed by atoms with E-state index >= 15 is 0 Å². The third-order valence-electron chi connectivity index (χ3n) is 8.85. The number of rotatable bonds is 8. The molecule has 3 amide bonds. The van der Waals surface area contributed by atoms with E-state index in [1.54, 1.807) is 26.4 Å². The molecule has 218 valence electrons. The number of aryl methyl sites for hydroxylation is 1. The zero-order valence-electron chi connectivity index (χ0n) is 23.6. The number of imide groups is 1. The zero-order valence-corrected chi connectivity index (χ0v) is 23.6. The maximum absolute atomic E-state index is 14.2. The summed E-state index contributed by atoms with van der Waals surface area (Å²) in [6.45, 7) is 2.16. The SMILES string of the molecule is CCc1ccc2c(c1)[C@]1(N[C@H](Cc3ccc(O)c(O)c3)[C@H]3C(=O)N(CCc4ccc(OC)c(OC)c4)C(=O)[C@H]31)C(=O)N2. The molecule has 0 aromatic heterocycles. The maximum atomic E-state index is 14.2. The number of carbonyl (C=O) groups excluding carboxylic acids is 3. The van der Waals surface area contributed by atoms with E-state index in [-0.39, 0.29) is 42.2 Å². The van der Waals surface area contributed by atoms with Crippen LogP contribution in [-0.4, -0.2) is 59.6 Å². The van der Waals surface area contributed by atoms with Gasteiger partial charge in [-0.15, -0.1) is 0 Å². The normalized spacial score (nSPS) is 24.2. The van der Waals surface area contributed by atoms with Crippen molar-refractivity contribution in [3.8, 4) is 23.0 Å². The first-order valence-corrected chi connectivity index (χ1v) is 14.0. The number of benzene rings is 3. The van der Waals surface area contributed by atoms with Crippen LogP contribution < -0.4 is 20.1 Å². The second kappa shape index (κ2) is 10.4. The van der Waals surface area contributed by atoms with Gasteiger partial charge in [-0.3, -0.25) is 24.6 Å². The summed E-state index contributed by atoms with van der Waals surface area (Å²) in [7, 11) is 3.10. The van der Waals surface area contributed by atoms with Gasteiger partial charge in [0.15, 0.2) is 23.0 Å². The smallest absolute Gasteiger partial charge is 0.250 e. The van der Waals surface area contributed by atoms with Crippen molar-refractivity contribution in [2.45, 2.75) is 37.8 Å². The van der Waals surface area contributed by atoms with Crippen molar-refractivity contribution in [2.75, 3.05) is 26.1 Å². The van der Waals surface area contributed by atoms with Gasteiger partial charge in [-0.1, -0.05) is 31.2 Å². The first-order chi connectivity index (χ1) is 20.2. The molecule has 1 spiro atoms. The quantitative estimate of drug-likeness (QED) is 0.239. The van der Waals surface area contributed by atoms with Gasteiger partial charge < -0.3 is 25.0 Å². The van der Waals surface area contributed by atoms with Gasteiger partial charge in [-0.2, -0.15) is 0 Å². The molecule has 10 heteroatoms. The van der Waals surface area contributed by atoms with Crippen LogP contribution in [0.25, 0.3) is 0 Å². The van der Waals surface area contributed by atoms with Gasteiger partial charge in [0.1, 0.15) is 5.54 Å². The van der Waals surface area contributed by atoms with Crippen molar-refractivity contribution in [3.05, 3.63) is 76.9 Å². The second-order valence-electron chi connectivity index (χ2n) is 11.0. The summed E-state index contributed by atoms with van der Waals surface area (Å²) < 4.78 is 10.7. The average molecular weight is 572 g/mol. The number of ether oxygens (including phenoxy) is 2. The standard InChI is InChI=1S/C32H33N3O7/c1-4-17-5-8-21-20(13-17)32(31(40)33-21)28-27(22(34-32)14-19-6-9-23(36)24(37)15-19)29(38)35(30(28)39)12-11-18-7-10-25(41-2)26(16-18)42-3/h5-10,13,15-16,22,27-28,34,36-37H,4,11-12,14H2,1-3H3,(H,33,40)/t22-,27-,28+,32-/m1/s1. The first-order valence-electron chi connectivity index (χ1n) is 14.0. The summed E-state index contributed by atoms with van der Waals surface area (Å²) in [6.07, 6.45) is 1.40. The minimum absolute atomic E-state index is 0.145. The number of hydrogen-bond acceptors (Lipinski definition) is 8. The van der Waals surface area contributed by atoms with Gasteiger partial charge in [0.05, 0.1) is 26.1 Å². The van der Waals surface area contributed by atoms with Gasteiger partial charge in [0.25, 0.3) is 0 Å². The van der Waals surface area contributed by atoms with Crippen molar-refractivity contribution >= 4 is 23.4 Å². The minimum atomic E-state index is -1.42. The summed E-state index contributed by atoms with van der Waals surface area (Å²) in [5.41, 5.74) is 2.40. The Labute approximate surface area is 243 Å². The number of fused-ring (bicyclic) bond motifs is 4. The fourth-order valence-electron chi connectivity index (χ4n) is 6.75. The highest BCUT2D eigenvalue weighted by atomic mass is 16.5. The molecule has 0 bridgehead atoms. The zero-order chi connectivity index (χ0) is 29.8. The number of phenols is 2. The lowest BCUT2D eigenvalue weighted by Crippen LogP contribution is -2.53. The van der Waals surface area contributed by atoms with E-state index in [1.807, 2.05) is 37.3 Å². The van der Waals surface area contributed by atoms with Crippen LogP contribution in [0.5, 0.6) is 23.0 Å². The topological polar surface area (TPSA) is 137 Å². The van der Waals surface area contributed by atoms with Gasteiger partial charge in [0, 0.05) is 23.8 Å². The van der Waals surface area contributed by atoms with Crippen LogP contribution in [0.2, 0.25) is 0 Å². The Morgan fingerprint density at radius 1 is 0.857 bits per heavy atom. The molecule has 2 fully saturated rings. The molecular weight excluding hydrogens is 538 g/mol. The molecule has 0 aliphatic carbocycles. The van der Waals surface area contributed by atoms with Crippen LogP contribution in [-0.2, 0) is 39.2 Å². The number of hydrogen-bond donors (Lipinski definition) is 4. The molecule has 3 heterocycles. The Morgan fingerprint density at radius 3 is 2.31 bits per heavy atom. The predicted octanol–water partition coefficient (Wildman–Crippen LogP) is 2.88. The maximum Gasteiger partial charge on any atom is 0.250 e. The number of aromatic hydroxyl groups is 2. The molecule has 4 atom stereocenters. The fourth-order valence-corrected chi connectivity index (χ4v) is 6.75. The number of methoxy groups -OCH3 is 2. The fraction of sp³-hybridized carbons (Fsp3) is 0.344. The number of carbonyl (C=O) groups is 3. The van der Waals surface area contributed by atoms with E-state index < -0.39 is 23.4 Å². The molecule has 0 unspecified atom stereocenters. The molecule has 0 saturated carbocycles. The Bertz CT molecular complexity index is 1600. The third kappa shape index (κ3) is 4.16. The molecule has 3 aromatic rings. The average Bonchev–Trinajstić information content (AvgIpc) is 3.57. The van der Waals surface area contributed by atoms with Gasteiger partial charge in [0.2, 0.25) is 17.7 Å². The number of anilines is 1. The highest BCUT2D eigenvalue weighted by molar-refractivity contribution is 6.15. The molecular formula is C32H33N3O7. The van der Waals surface area contributed by atoms with E-state index in [2.05, 4.69) is 10.6 Å². The van der Waals surface area contributed by atoms with E-state index in [0.29, 0.717) is 34.7 Å². The number of nitrogens with one attached hydrogen (secondary N) is 2. The molecule has 2 saturated heterocycles. The van der Waals surface area contributed by atoms with Crippen molar-refractivity contribution in [3.63, 3.8) is 0 Å². The molecule has 3 aliphatic rings. The predicted molar refractivity (Wildman–Crippen MR) is 153 cm³/mol. The van der Waals surface area contributed by atoms with E-state index in [0.717, 1.165) is 17.5 Å². The third-order valence-corrected chi connectivity index (χ3v) is 8.85. The van der Waals surface area contributed by atoms with Crippen LogP contribution in [0, 0.1) is 11.8 Å². The Balaban J connectivity index is 1.37. The monoisotopic (exact) mass is 571 g/mol. The molecule has 6 rings (SSSR count). The van der Waals surface area contributed by atoms with Crippen molar-refractivity contribution in [2.24, 2.45) is 11.8 Å². The van der Waals surface area contributed by atoms with Crippen molar-refractivity contribution in [1.29, 1.82) is 0 Å². The minimum Gasteiger partial charge on any atom is -0.504 e. The van der Waals surface area contributed by atoms with Gasteiger partial charge >= 0.3 is 0 Å². The lowest BCUT2D eigenvalue weighted by atomic mass is 9.76. The molecule has 10 nitrogen and oxygen atoms in total. The second-order valence-corrected chi connectivity index (χ2v) is 11.0. The summed E-state index contributed by atoms with van der Waals surface area (Å²) >= 11 is 0. The Morgan fingerprint density at radius 2 is 1.60 bits per heavy atom. The van der Waals surface area contributed by atoms with Crippen molar-refractivity contribution < 1.29 is 34.1 Å². The number of amides is 3. The van der Waals surface area contributed by atoms with Crippen LogP contribution in [0.3, 0.4) is 0 Å². The highest BCUT2D eigenvalue weighted by Crippen LogP contribution is 2.53.